The lowest BCUT2D eigenvalue weighted by Crippen LogP contribution is -2.44. The van der Waals surface area contributed by atoms with E-state index in [1.165, 1.54) is 82.3 Å². The van der Waals surface area contributed by atoms with E-state index >= 15 is 0 Å². The molecule has 6 rings (SSSR count). The first-order valence-electron chi connectivity index (χ1n) is 16.5. The summed E-state index contributed by atoms with van der Waals surface area (Å²) in [5.74, 6) is 3.29. The van der Waals surface area contributed by atoms with Crippen molar-refractivity contribution < 1.29 is 9.53 Å². The number of nitrogens with one attached hydrogen (secondary N) is 2. The topological polar surface area (TPSA) is 91.3 Å². The minimum Gasteiger partial charge on any atom is -0.465 e. The number of piperidine rings is 1. The van der Waals surface area contributed by atoms with Crippen molar-refractivity contribution in [2.24, 2.45) is 17.3 Å². The van der Waals surface area contributed by atoms with Gasteiger partial charge in [-0.1, -0.05) is 56.4 Å². The van der Waals surface area contributed by atoms with E-state index in [2.05, 4.69) is 54.3 Å². The normalized spacial score (nSPS) is 21.1. The molecule has 2 aliphatic heterocycles. The van der Waals surface area contributed by atoms with Crippen LogP contribution < -0.4 is 5.32 Å². The summed E-state index contributed by atoms with van der Waals surface area (Å²) in [5, 5.41) is 3.64. The van der Waals surface area contributed by atoms with Gasteiger partial charge in [0.1, 0.15) is 18.2 Å². The maximum atomic E-state index is 12.1. The van der Waals surface area contributed by atoms with Crippen LogP contribution in [0.25, 0.3) is 0 Å². The monoisotopic (exact) mass is 587 g/mol. The molecule has 0 radical (unpaired) electrons. The van der Waals surface area contributed by atoms with E-state index in [9.17, 15) is 4.79 Å². The van der Waals surface area contributed by atoms with Crippen LogP contribution in [-0.2, 0) is 42.3 Å². The van der Waals surface area contributed by atoms with E-state index in [1.54, 1.807) is 12.4 Å². The van der Waals surface area contributed by atoms with Gasteiger partial charge in [-0.15, -0.1) is 0 Å². The molecule has 9 heteroatoms. The van der Waals surface area contributed by atoms with Gasteiger partial charge < -0.3 is 19.6 Å². The van der Waals surface area contributed by atoms with E-state index < -0.39 is 0 Å². The number of hydrogen-bond donors (Lipinski definition) is 2. The number of hydrogen-bond acceptors (Lipinski definition) is 7. The molecule has 3 aromatic rings. The fraction of sp³-hybridized carbons (Fsp3) is 0.618. The third-order valence-corrected chi connectivity index (χ3v) is 10.1. The molecule has 0 bridgehead atoms. The molecule has 43 heavy (non-hydrogen) atoms. The second kappa shape index (κ2) is 14.2. The summed E-state index contributed by atoms with van der Waals surface area (Å²) in [7, 11) is 0. The Morgan fingerprint density at radius 2 is 1.81 bits per heavy atom. The standard InChI is InChI=1S/C34H49N7O2/c1-2-43-33(42)25-41-19-18-38-32(41)24-39(23-31-36-16-17-37-31)20-27-8-10-28(11-9-27)21-40-22-30(29-6-4-3-5-7-29)34(26-40)12-14-35-15-13-34/h8-11,16-19,29-30,35H,2-7,12-15,20-26H2,1H3,(H,36,37). The van der Waals surface area contributed by atoms with Gasteiger partial charge in [0.05, 0.1) is 19.7 Å². The molecule has 1 unspecified atom stereocenters. The molecule has 1 aliphatic carbocycles. The quantitative estimate of drug-likeness (QED) is 0.296. The van der Waals surface area contributed by atoms with Crippen LogP contribution in [0, 0.1) is 17.3 Å². The number of carbonyl (C=O) groups excluding carboxylic acids is 1. The zero-order chi connectivity index (χ0) is 29.5. The van der Waals surface area contributed by atoms with Gasteiger partial charge in [0, 0.05) is 51.0 Å². The van der Waals surface area contributed by atoms with Crippen LogP contribution in [0.3, 0.4) is 0 Å². The maximum absolute atomic E-state index is 12.1. The number of likely N-dealkylation sites (tertiary alicyclic amines) is 1. The first-order valence-corrected chi connectivity index (χ1v) is 16.5. The van der Waals surface area contributed by atoms with Crippen molar-refractivity contribution in [1.82, 2.24) is 34.6 Å². The average molecular weight is 588 g/mol. The minimum atomic E-state index is -0.246. The Balaban J connectivity index is 1.11. The maximum Gasteiger partial charge on any atom is 0.325 e. The fourth-order valence-electron chi connectivity index (χ4n) is 8.07. The molecule has 0 amide bonds. The van der Waals surface area contributed by atoms with Gasteiger partial charge in [-0.3, -0.25) is 14.6 Å². The zero-order valence-electron chi connectivity index (χ0n) is 25.8. The van der Waals surface area contributed by atoms with E-state index in [4.69, 9.17) is 4.74 Å². The summed E-state index contributed by atoms with van der Waals surface area (Å²) in [4.78, 5) is 29.5. The molecule has 2 aromatic heterocycles. The summed E-state index contributed by atoms with van der Waals surface area (Å²) >= 11 is 0. The van der Waals surface area contributed by atoms with Crippen molar-refractivity contribution in [2.75, 3.05) is 32.8 Å². The van der Waals surface area contributed by atoms with Gasteiger partial charge in [-0.05, 0) is 61.2 Å². The molecule has 3 fully saturated rings. The van der Waals surface area contributed by atoms with Crippen LogP contribution in [0.1, 0.15) is 74.6 Å². The first-order chi connectivity index (χ1) is 21.1. The summed E-state index contributed by atoms with van der Waals surface area (Å²) in [6, 6.07) is 9.21. The van der Waals surface area contributed by atoms with E-state index in [0.717, 1.165) is 36.6 Å². The highest BCUT2D eigenvalue weighted by atomic mass is 16.5. The lowest BCUT2D eigenvalue weighted by atomic mass is 9.63. The summed E-state index contributed by atoms with van der Waals surface area (Å²) in [6.07, 6.45) is 17.1. The van der Waals surface area contributed by atoms with Gasteiger partial charge in [0.2, 0.25) is 0 Å². The molecule has 2 saturated heterocycles. The van der Waals surface area contributed by atoms with E-state index in [0.29, 0.717) is 25.1 Å². The second-order valence-electron chi connectivity index (χ2n) is 13.1. The molecule has 9 nitrogen and oxygen atoms in total. The lowest BCUT2D eigenvalue weighted by Gasteiger charge is -2.43. The van der Waals surface area contributed by atoms with Crippen molar-refractivity contribution in [1.29, 1.82) is 0 Å². The Bertz CT molecular complexity index is 1280. The number of benzene rings is 1. The van der Waals surface area contributed by atoms with Gasteiger partial charge in [-0.25, -0.2) is 9.97 Å². The summed E-state index contributed by atoms with van der Waals surface area (Å²) < 4.78 is 7.04. The van der Waals surface area contributed by atoms with Crippen LogP contribution in [0.15, 0.2) is 49.1 Å². The van der Waals surface area contributed by atoms with Crippen LogP contribution >= 0.6 is 0 Å². The Kier molecular flexibility index (Phi) is 9.91. The molecular weight excluding hydrogens is 538 g/mol. The molecule has 1 saturated carbocycles. The lowest BCUT2D eigenvalue weighted by molar-refractivity contribution is -0.143. The third kappa shape index (κ3) is 7.56. The van der Waals surface area contributed by atoms with Crippen molar-refractivity contribution in [3.8, 4) is 0 Å². The molecule has 4 heterocycles. The number of rotatable bonds is 12. The Morgan fingerprint density at radius 3 is 2.56 bits per heavy atom. The highest BCUT2D eigenvalue weighted by Crippen LogP contribution is 2.50. The van der Waals surface area contributed by atoms with Crippen LogP contribution in [0.5, 0.6) is 0 Å². The molecule has 1 spiro atoms. The molecule has 232 valence electrons. The fourth-order valence-corrected chi connectivity index (χ4v) is 8.07. The summed E-state index contributed by atoms with van der Waals surface area (Å²) in [5.41, 5.74) is 3.17. The number of aromatic amines is 1. The number of imidazole rings is 2. The van der Waals surface area contributed by atoms with Crippen molar-refractivity contribution in [3.05, 3.63) is 71.8 Å². The van der Waals surface area contributed by atoms with Crippen molar-refractivity contribution >= 4 is 5.97 Å². The molecule has 1 aromatic carbocycles. The summed E-state index contributed by atoms with van der Waals surface area (Å²) in [6.45, 7) is 10.3. The van der Waals surface area contributed by atoms with Gasteiger partial charge in [0.25, 0.3) is 0 Å². The highest BCUT2D eigenvalue weighted by Gasteiger charge is 2.49. The number of H-pyrrole nitrogens is 1. The minimum absolute atomic E-state index is 0.169. The molecular formula is C34H49N7O2. The largest absolute Gasteiger partial charge is 0.465 e. The smallest absolute Gasteiger partial charge is 0.325 e. The Morgan fingerprint density at radius 1 is 1.02 bits per heavy atom. The Labute approximate surface area is 256 Å². The third-order valence-electron chi connectivity index (χ3n) is 10.1. The first kappa shape index (κ1) is 30.0. The number of nitrogens with zero attached hydrogens (tertiary/aromatic N) is 5. The van der Waals surface area contributed by atoms with Gasteiger partial charge in [0.15, 0.2) is 0 Å². The van der Waals surface area contributed by atoms with E-state index in [1.807, 2.05) is 23.9 Å². The number of aromatic nitrogens is 4. The number of ether oxygens (including phenoxy) is 1. The van der Waals surface area contributed by atoms with Crippen LogP contribution in [0.2, 0.25) is 0 Å². The van der Waals surface area contributed by atoms with Crippen molar-refractivity contribution in [2.45, 2.75) is 84.6 Å². The Hall–Kier alpha value is -3.01. The number of esters is 1. The van der Waals surface area contributed by atoms with Crippen LogP contribution in [-0.4, -0.2) is 68.1 Å². The molecule has 3 aliphatic rings. The van der Waals surface area contributed by atoms with E-state index in [-0.39, 0.29) is 12.5 Å². The predicted molar refractivity (Wildman–Crippen MR) is 167 cm³/mol. The molecule has 1 atom stereocenters. The second-order valence-corrected chi connectivity index (χ2v) is 13.1. The predicted octanol–water partition coefficient (Wildman–Crippen LogP) is 4.75. The number of carbonyl (C=O) groups is 1. The zero-order valence-corrected chi connectivity index (χ0v) is 25.8. The van der Waals surface area contributed by atoms with Crippen LogP contribution in [0.4, 0.5) is 0 Å². The highest BCUT2D eigenvalue weighted by molar-refractivity contribution is 5.69. The van der Waals surface area contributed by atoms with Gasteiger partial charge in [-0.2, -0.15) is 0 Å². The average Bonchev–Trinajstić information content (AvgIpc) is 3.77. The van der Waals surface area contributed by atoms with Gasteiger partial charge >= 0.3 is 5.97 Å². The molecule has 2 N–H and O–H groups in total. The van der Waals surface area contributed by atoms with Crippen molar-refractivity contribution in [3.63, 3.8) is 0 Å². The SMILES string of the molecule is CCOC(=O)Cn1ccnc1CN(Cc1ccc(CN2CC(C3CCCCC3)C3(CCNCC3)C2)cc1)Cc1ncc[nH]1.